The first-order valence-electron chi connectivity index (χ1n) is 9.74. The Labute approximate surface area is 155 Å². The Bertz CT molecular complexity index is 642. The topological polar surface area (TPSA) is 88.1 Å². The van der Waals surface area contributed by atoms with E-state index >= 15 is 0 Å². The Hall–Kier alpha value is -1.89. The molecule has 1 saturated heterocycles. The van der Waals surface area contributed by atoms with Gasteiger partial charge >= 0.3 is 0 Å². The Balaban J connectivity index is 1.57. The highest BCUT2D eigenvalue weighted by Crippen LogP contribution is 2.29. The lowest BCUT2D eigenvalue weighted by molar-refractivity contribution is -0.129. The molecule has 0 spiro atoms. The standard InChI is InChI=1S/C19H31N5O2/c1-12(2)22-18(25)13-5-4-6-15(7-13)23-19(26)17-10-20-9-16(17)14-8-21-24(3)11-14/h8,11-13,15-17,20H,4-7,9-10H2,1-3H3,(H,22,25)(H,23,26)/t13?,15?,16-,17+/m1/s1. The molecule has 1 aromatic rings. The molecule has 7 heteroatoms. The van der Waals surface area contributed by atoms with Gasteiger partial charge in [0, 0.05) is 50.3 Å². The molecule has 4 atom stereocenters. The number of hydrogen-bond acceptors (Lipinski definition) is 4. The zero-order valence-electron chi connectivity index (χ0n) is 16.0. The van der Waals surface area contributed by atoms with Crippen LogP contribution in [0.5, 0.6) is 0 Å². The summed E-state index contributed by atoms with van der Waals surface area (Å²) in [7, 11) is 1.89. The van der Waals surface area contributed by atoms with Crippen LogP contribution in [0, 0.1) is 11.8 Å². The highest BCUT2D eigenvalue weighted by Gasteiger charge is 2.36. The second-order valence-corrected chi connectivity index (χ2v) is 8.05. The predicted octanol–water partition coefficient (Wildman–Crippen LogP) is 0.923. The smallest absolute Gasteiger partial charge is 0.225 e. The van der Waals surface area contributed by atoms with E-state index in [0.717, 1.165) is 37.8 Å². The molecular weight excluding hydrogens is 330 g/mol. The highest BCUT2D eigenvalue weighted by atomic mass is 16.2. The number of hydrogen-bond donors (Lipinski definition) is 3. The number of nitrogens with zero attached hydrogens (tertiary/aromatic N) is 2. The van der Waals surface area contributed by atoms with Crippen LogP contribution in [0.25, 0.3) is 0 Å². The van der Waals surface area contributed by atoms with Gasteiger partial charge in [-0.15, -0.1) is 0 Å². The van der Waals surface area contributed by atoms with Gasteiger partial charge in [-0.05, 0) is 38.7 Å². The Morgan fingerprint density at radius 1 is 1.27 bits per heavy atom. The normalized spacial score (nSPS) is 28.9. The molecule has 1 aliphatic heterocycles. The molecule has 1 aliphatic carbocycles. The van der Waals surface area contributed by atoms with Crippen LogP contribution in [-0.4, -0.2) is 46.8 Å². The maximum Gasteiger partial charge on any atom is 0.225 e. The summed E-state index contributed by atoms with van der Waals surface area (Å²) in [6, 6.07) is 0.247. The molecule has 0 bridgehead atoms. The third-order valence-electron chi connectivity index (χ3n) is 5.53. The van der Waals surface area contributed by atoms with Gasteiger partial charge in [0.25, 0.3) is 0 Å². The van der Waals surface area contributed by atoms with Crippen molar-refractivity contribution in [2.75, 3.05) is 13.1 Å². The molecular formula is C19H31N5O2. The minimum absolute atomic E-state index is 0.00673. The van der Waals surface area contributed by atoms with Gasteiger partial charge in [0.05, 0.1) is 12.1 Å². The fraction of sp³-hybridized carbons (Fsp3) is 0.737. The van der Waals surface area contributed by atoms with Crippen molar-refractivity contribution in [1.29, 1.82) is 0 Å². The van der Waals surface area contributed by atoms with Gasteiger partial charge in [0.15, 0.2) is 0 Å². The number of carbonyl (C=O) groups is 2. The molecule has 1 aromatic heterocycles. The average Bonchev–Trinajstić information content (AvgIpc) is 3.23. The summed E-state index contributed by atoms with van der Waals surface area (Å²) in [4.78, 5) is 25.2. The van der Waals surface area contributed by atoms with Gasteiger partial charge in [0.2, 0.25) is 11.8 Å². The van der Waals surface area contributed by atoms with Crippen LogP contribution in [0.1, 0.15) is 51.0 Å². The largest absolute Gasteiger partial charge is 0.354 e. The number of nitrogens with one attached hydrogen (secondary N) is 3. The van der Waals surface area contributed by atoms with Crippen molar-refractivity contribution in [2.45, 2.75) is 57.5 Å². The summed E-state index contributed by atoms with van der Waals surface area (Å²) in [6.45, 7) is 5.44. The van der Waals surface area contributed by atoms with E-state index in [0.29, 0.717) is 6.54 Å². The summed E-state index contributed by atoms with van der Waals surface area (Å²) >= 11 is 0. The first-order chi connectivity index (χ1) is 12.4. The molecule has 7 nitrogen and oxygen atoms in total. The van der Waals surface area contributed by atoms with E-state index < -0.39 is 0 Å². The van der Waals surface area contributed by atoms with E-state index in [2.05, 4.69) is 21.0 Å². The van der Waals surface area contributed by atoms with E-state index in [1.807, 2.05) is 33.3 Å². The van der Waals surface area contributed by atoms with Crippen molar-refractivity contribution in [1.82, 2.24) is 25.7 Å². The first-order valence-corrected chi connectivity index (χ1v) is 9.74. The van der Waals surface area contributed by atoms with Gasteiger partial charge in [-0.25, -0.2) is 0 Å². The van der Waals surface area contributed by atoms with E-state index in [1.165, 1.54) is 0 Å². The van der Waals surface area contributed by atoms with Gasteiger partial charge in [-0.2, -0.15) is 5.10 Å². The zero-order valence-corrected chi connectivity index (χ0v) is 16.0. The number of aryl methyl sites for hydroxylation is 1. The highest BCUT2D eigenvalue weighted by molar-refractivity contribution is 5.81. The van der Waals surface area contributed by atoms with Crippen molar-refractivity contribution in [3.8, 4) is 0 Å². The lowest BCUT2D eigenvalue weighted by atomic mass is 9.84. The molecule has 26 heavy (non-hydrogen) atoms. The first kappa shape index (κ1) is 18.9. The van der Waals surface area contributed by atoms with Gasteiger partial charge in [-0.3, -0.25) is 14.3 Å². The van der Waals surface area contributed by atoms with Crippen LogP contribution in [0.4, 0.5) is 0 Å². The second kappa shape index (κ2) is 8.20. The van der Waals surface area contributed by atoms with Gasteiger partial charge in [-0.1, -0.05) is 6.42 Å². The van der Waals surface area contributed by atoms with Gasteiger partial charge in [0.1, 0.15) is 0 Å². The van der Waals surface area contributed by atoms with Crippen LogP contribution in [-0.2, 0) is 16.6 Å². The maximum absolute atomic E-state index is 12.9. The van der Waals surface area contributed by atoms with E-state index in [-0.39, 0.29) is 41.7 Å². The molecule has 2 aliphatic rings. The quantitative estimate of drug-likeness (QED) is 0.728. The summed E-state index contributed by atoms with van der Waals surface area (Å²) in [5, 5.41) is 13.8. The van der Waals surface area contributed by atoms with Crippen molar-refractivity contribution in [3.05, 3.63) is 18.0 Å². The SMILES string of the molecule is CC(C)NC(=O)C1CCCC(NC(=O)[C@H]2CNC[C@@H]2c2cnn(C)c2)C1. The van der Waals surface area contributed by atoms with E-state index in [9.17, 15) is 9.59 Å². The summed E-state index contributed by atoms with van der Waals surface area (Å²) in [6.07, 6.45) is 7.43. The van der Waals surface area contributed by atoms with Crippen LogP contribution in [0.3, 0.4) is 0 Å². The van der Waals surface area contributed by atoms with Crippen LogP contribution >= 0.6 is 0 Å². The second-order valence-electron chi connectivity index (χ2n) is 8.05. The lowest BCUT2D eigenvalue weighted by Crippen LogP contribution is -2.46. The number of amides is 2. The molecule has 0 radical (unpaired) electrons. The molecule has 2 heterocycles. The number of aromatic nitrogens is 2. The summed E-state index contributed by atoms with van der Waals surface area (Å²) < 4.78 is 1.78. The number of carbonyl (C=O) groups excluding carboxylic acids is 2. The molecule has 144 valence electrons. The lowest BCUT2D eigenvalue weighted by Gasteiger charge is -2.30. The number of rotatable bonds is 5. The Morgan fingerprint density at radius 3 is 2.77 bits per heavy atom. The molecule has 3 rings (SSSR count). The Kier molecular flexibility index (Phi) is 5.96. The average molecular weight is 361 g/mol. The van der Waals surface area contributed by atoms with Crippen LogP contribution in [0.2, 0.25) is 0 Å². The van der Waals surface area contributed by atoms with Crippen molar-refractivity contribution in [2.24, 2.45) is 18.9 Å². The van der Waals surface area contributed by atoms with Crippen molar-refractivity contribution in [3.63, 3.8) is 0 Å². The minimum atomic E-state index is -0.0796. The molecule has 3 N–H and O–H groups in total. The monoisotopic (exact) mass is 361 g/mol. The summed E-state index contributed by atoms with van der Waals surface area (Å²) in [5.41, 5.74) is 1.11. The molecule has 2 amide bonds. The molecule has 2 unspecified atom stereocenters. The predicted molar refractivity (Wildman–Crippen MR) is 99.5 cm³/mol. The molecule has 1 saturated carbocycles. The maximum atomic E-state index is 12.9. The Morgan fingerprint density at radius 2 is 2.08 bits per heavy atom. The fourth-order valence-electron chi connectivity index (χ4n) is 4.21. The van der Waals surface area contributed by atoms with E-state index in [4.69, 9.17) is 0 Å². The zero-order chi connectivity index (χ0) is 18.7. The molecule has 2 fully saturated rings. The minimum Gasteiger partial charge on any atom is -0.354 e. The summed E-state index contributed by atoms with van der Waals surface area (Å²) in [5.74, 6) is 0.303. The molecule has 0 aromatic carbocycles. The van der Waals surface area contributed by atoms with Crippen LogP contribution < -0.4 is 16.0 Å². The van der Waals surface area contributed by atoms with E-state index in [1.54, 1.807) is 4.68 Å². The van der Waals surface area contributed by atoms with Crippen LogP contribution in [0.15, 0.2) is 12.4 Å². The van der Waals surface area contributed by atoms with Crippen molar-refractivity contribution >= 4 is 11.8 Å². The van der Waals surface area contributed by atoms with Crippen molar-refractivity contribution < 1.29 is 9.59 Å². The van der Waals surface area contributed by atoms with Gasteiger partial charge < -0.3 is 16.0 Å². The third-order valence-corrected chi connectivity index (χ3v) is 5.53. The fourth-order valence-corrected chi connectivity index (χ4v) is 4.21. The third kappa shape index (κ3) is 4.44.